The zero-order valence-electron chi connectivity index (χ0n) is 14.0. The molecular weight excluding hydrogens is 389 g/mol. The van der Waals surface area contributed by atoms with Gasteiger partial charge in [0, 0.05) is 17.5 Å². The molecule has 142 valence electrons. The Balaban J connectivity index is 2.35. The van der Waals surface area contributed by atoms with Gasteiger partial charge in [-0.15, -0.1) is 12.6 Å². The van der Waals surface area contributed by atoms with Crippen molar-refractivity contribution in [3.05, 3.63) is 53.0 Å². The van der Waals surface area contributed by atoms with E-state index in [4.69, 9.17) is 0 Å². The molecule has 0 aliphatic rings. The zero-order chi connectivity index (χ0) is 20.1. The first kappa shape index (κ1) is 19.3. The molecule has 3 rings (SSSR count). The van der Waals surface area contributed by atoms with Gasteiger partial charge in [0.05, 0.1) is 5.56 Å². The molecule has 2 heterocycles. The molecule has 1 aromatic carbocycles. The summed E-state index contributed by atoms with van der Waals surface area (Å²) in [5, 5.41) is 0. The number of rotatable bonds is 3. The molecule has 0 bridgehead atoms. The van der Waals surface area contributed by atoms with E-state index >= 15 is 0 Å². The number of ketones is 1. The molecule has 4 nitrogen and oxygen atoms in total. The van der Waals surface area contributed by atoms with E-state index in [0.29, 0.717) is 5.82 Å². The summed E-state index contributed by atoms with van der Waals surface area (Å²) < 4.78 is 68.7. The van der Waals surface area contributed by atoms with Gasteiger partial charge >= 0.3 is 12.1 Å². The highest BCUT2D eigenvalue weighted by Crippen LogP contribution is 2.45. The van der Waals surface area contributed by atoms with E-state index in [9.17, 15) is 26.7 Å². The van der Waals surface area contributed by atoms with Crippen molar-refractivity contribution in [2.45, 2.75) is 23.9 Å². The fourth-order valence-corrected chi connectivity index (χ4v) is 2.84. The van der Waals surface area contributed by atoms with Gasteiger partial charge in [-0.2, -0.15) is 22.0 Å². The molecule has 10 heteroatoms. The summed E-state index contributed by atoms with van der Waals surface area (Å²) in [5.74, 6) is -6.02. The number of carbonyl (C=O) groups excluding carboxylic acids is 1. The molecular formula is C17H12F5N3OS. The zero-order valence-corrected chi connectivity index (χ0v) is 14.9. The number of imidazole rings is 1. The first-order chi connectivity index (χ1) is 12.4. The van der Waals surface area contributed by atoms with Gasteiger partial charge in [-0.05, 0) is 25.1 Å². The minimum absolute atomic E-state index is 0.0386. The van der Waals surface area contributed by atoms with Gasteiger partial charge in [0.25, 0.3) is 0 Å². The van der Waals surface area contributed by atoms with Crippen LogP contribution in [0.1, 0.15) is 27.4 Å². The number of benzene rings is 1. The van der Waals surface area contributed by atoms with E-state index in [1.807, 2.05) is 0 Å². The Morgan fingerprint density at radius 3 is 2.30 bits per heavy atom. The summed E-state index contributed by atoms with van der Waals surface area (Å²) in [4.78, 5) is 20.5. The SMILES string of the molecule is Cc1nc2cc(C(=O)c3ccccc3S)c(C(F)(F)C(F)(F)F)nc2n1C. The largest absolute Gasteiger partial charge is 0.459 e. The highest BCUT2D eigenvalue weighted by Gasteiger charge is 2.61. The highest BCUT2D eigenvalue weighted by molar-refractivity contribution is 7.80. The molecule has 0 N–H and O–H groups in total. The van der Waals surface area contributed by atoms with Crippen molar-refractivity contribution in [2.75, 3.05) is 0 Å². The number of aromatic nitrogens is 3. The summed E-state index contributed by atoms with van der Waals surface area (Å²) in [6.45, 7) is 1.54. The van der Waals surface area contributed by atoms with Crippen LogP contribution in [0.4, 0.5) is 22.0 Å². The average molecular weight is 401 g/mol. The van der Waals surface area contributed by atoms with Gasteiger partial charge in [0.2, 0.25) is 0 Å². The second kappa shape index (κ2) is 6.29. The second-order valence-corrected chi connectivity index (χ2v) is 6.35. The molecule has 0 aliphatic heterocycles. The van der Waals surface area contributed by atoms with Crippen molar-refractivity contribution < 1.29 is 26.7 Å². The van der Waals surface area contributed by atoms with Crippen molar-refractivity contribution in [3.63, 3.8) is 0 Å². The maximum absolute atomic E-state index is 14.2. The van der Waals surface area contributed by atoms with Crippen LogP contribution in [0.25, 0.3) is 11.2 Å². The Kier molecular flexibility index (Phi) is 4.49. The van der Waals surface area contributed by atoms with E-state index < -0.39 is 29.1 Å². The Morgan fingerprint density at radius 1 is 1.07 bits per heavy atom. The maximum Gasteiger partial charge on any atom is 0.459 e. The van der Waals surface area contributed by atoms with Crippen LogP contribution in [-0.2, 0) is 13.0 Å². The predicted octanol–water partition coefficient (Wildman–Crippen LogP) is 4.45. The number of nitrogens with zero attached hydrogens (tertiary/aromatic N) is 3. The third kappa shape index (κ3) is 3.07. The van der Waals surface area contributed by atoms with Gasteiger partial charge in [0.15, 0.2) is 11.4 Å². The van der Waals surface area contributed by atoms with E-state index in [1.165, 1.54) is 36.7 Å². The monoisotopic (exact) mass is 401 g/mol. The summed E-state index contributed by atoms with van der Waals surface area (Å²) >= 11 is 4.07. The average Bonchev–Trinajstić information content (AvgIpc) is 2.86. The fourth-order valence-electron chi connectivity index (χ4n) is 2.58. The molecule has 0 atom stereocenters. The third-order valence-corrected chi connectivity index (χ3v) is 4.51. The second-order valence-electron chi connectivity index (χ2n) is 5.86. The van der Waals surface area contributed by atoms with Gasteiger partial charge in [-0.1, -0.05) is 12.1 Å². The summed E-state index contributed by atoms with van der Waals surface area (Å²) in [5.41, 5.74) is -2.79. The van der Waals surface area contributed by atoms with Crippen LogP contribution in [0.15, 0.2) is 35.2 Å². The minimum Gasteiger partial charge on any atom is -0.316 e. The Bertz CT molecular complexity index is 1060. The first-order valence-corrected chi connectivity index (χ1v) is 8.01. The molecule has 0 amide bonds. The normalized spacial score (nSPS) is 12.6. The fraction of sp³-hybridized carbons (Fsp3) is 0.235. The standard InChI is InChI=1S/C17H12F5N3OS/c1-8-23-11-7-10(13(26)9-5-3-4-6-12(9)27)14(24-15(11)25(8)2)16(18,19)17(20,21)22/h3-7,27H,1-2H3. The predicted molar refractivity (Wildman–Crippen MR) is 90.3 cm³/mol. The quantitative estimate of drug-likeness (QED) is 0.401. The number of hydrogen-bond donors (Lipinski definition) is 1. The Morgan fingerprint density at radius 2 is 1.70 bits per heavy atom. The van der Waals surface area contributed by atoms with Crippen molar-refractivity contribution in [1.29, 1.82) is 0 Å². The van der Waals surface area contributed by atoms with Gasteiger partial charge in [-0.25, -0.2) is 9.97 Å². The molecule has 0 radical (unpaired) electrons. The van der Waals surface area contributed by atoms with Crippen LogP contribution in [0.3, 0.4) is 0 Å². The molecule has 0 aliphatic carbocycles. The van der Waals surface area contributed by atoms with Crippen molar-refractivity contribution in [1.82, 2.24) is 14.5 Å². The van der Waals surface area contributed by atoms with Gasteiger partial charge in [0.1, 0.15) is 17.0 Å². The molecule has 0 spiro atoms. The van der Waals surface area contributed by atoms with Crippen molar-refractivity contribution in [3.8, 4) is 0 Å². The van der Waals surface area contributed by atoms with Crippen LogP contribution >= 0.6 is 12.6 Å². The van der Waals surface area contributed by atoms with Crippen LogP contribution in [0.2, 0.25) is 0 Å². The molecule has 0 saturated heterocycles. The molecule has 2 aromatic heterocycles. The first-order valence-electron chi connectivity index (χ1n) is 7.57. The topological polar surface area (TPSA) is 47.8 Å². The smallest absolute Gasteiger partial charge is 0.316 e. The minimum atomic E-state index is -5.92. The van der Waals surface area contributed by atoms with E-state index in [2.05, 4.69) is 22.6 Å². The number of alkyl halides is 5. The number of pyridine rings is 1. The maximum atomic E-state index is 14.2. The molecule has 0 saturated carbocycles. The van der Waals surface area contributed by atoms with Gasteiger partial charge in [-0.3, -0.25) is 4.79 Å². The lowest BCUT2D eigenvalue weighted by molar-refractivity contribution is -0.290. The lowest BCUT2D eigenvalue weighted by Gasteiger charge is -2.21. The number of fused-ring (bicyclic) bond motifs is 1. The van der Waals surface area contributed by atoms with E-state index in [0.717, 1.165) is 6.07 Å². The lowest BCUT2D eigenvalue weighted by atomic mass is 9.98. The van der Waals surface area contributed by atoms with Crippen molar-refractivity contribution >= 4 is 29.6 Å². The van der Waals surface area contributed by atoms with Crippen LogP contribution in [-0.4, -0.2) is 26.5 Å². The van der Waals surface area contributed by atoms with E-state index in [1.54, 1.807) is 6.07 Å². The Hall–Kier alpha value is -2.49. The summed E-state index contributed by atoms with van der Waals surface area (Å²) in [7, 11) is 1.43. The number of thiol groups is 1. The summed E-state index contributed by atoms with van der Waals surface area (Å²) in [6, 6.07) is 6.62. The van der Waals surface area contributed by atoms with E-state index in [-0.39, 0.29) is 21.6 Å². The molecule has 27 heavy (non-hydrogen) atoms. The number of aryl methyl sites for hydroxylation is 2. The molecule has 0 unspecified atom stereocenters. The third-order valence-electron chi connectivity index (χ3n) is 4.12. The summed E-state index contributed by atoms with van der Waals surface area (Å²) in [6.07, 6.45) is -5.92. The van der Waals surface area contributed by atoms with Crippen LogP contribution in [0.5, 0.6) is 0 Å². The number of carbonyl (C=O) groups is 1. The Labute approximate surface area is 155 Å². The number of hydrogen-bond acceptors (Lipinski definition) is 4. The molecule has 3 aromatic rings. The highest BCUT2D eigenvalue weighted by atomic mass is 32.1. The lowest BCUT2D eigenvalue weighted by Crippen LogP contribution is -2.36. The van der Waals surface area contributed by atoms with Crippen molar-refractivity contribution in [2.24, 2.45) is 7.05 Å². The van der Waals surface area contributed by atoms with Gasteiger partial charge < -0.3 is 4.57 Å². The molecule has 0 fully saturated rings. The number of halogens is 5. The van der Waals surface area contributed by atoms with Crippen LogP contribution in [0, 0.1) is 6.92 Å². The van der Waals surface area contributed by atoms with Crippen LogP contribution < -0.4 is 0 Å².